The Morgan fingerprint density at radius 1 is 1.33 bits per heavy atom. The fraction of sp³-hybridized carbons (Fsp3) is 0.571. The summed E-state index contributed by atoms with van der Waals surface area (Å²) < 4.78 is 15.5. The van der Waals surface area contributed by atoms with Crippen molar-refractivity contribution < 1.29 is 4.39 Å². The van der Waals surface area contributed by atoms with Crippen LogP contribution in [-0.2, 0) is 5.54 Å². The molecule has 0 aliphatic heterocycles. The molecule has 1 heterocycles. The maximum atomic E-state index is 12.9. The second-order valence-electron chi connectivity index (χ2n) is 3.48. The lowest BCUT2D eigenvalue weighted by Gasteiger charge is -2.19. The summed E-state index contributed by atoms with van der Waals surface area (Å²) in [5.41, 5.74) is -0.217. The largest absolute Gasteiger partial charge is 0.249 e. The number of hydrogen-bond acceptors (Lipinski definition) is 1. The minimum absolute atomic E-state index is 0.217. The van der Waals surface area contributed by atoms with E-state index in [9.17, 15) is 4.39 Å². The van der Waals surface area contributed by atoms with Crippen molar-refractivity contribution in [2.75, 3.05) is 0 Å². The molecule has 0 fully saturated rings. The third-order valence-electron chi connectivity index (χ3n) is 1.37. The van der Waals surface area contributed by atoms with E-state index >= 15 is 0 Å². The molecule has 0 unspecified atom stereocenters. The lowest BCUT2D eigenvalue weighted by atomic mass is 10.1. The second kappa shape index (κ2) is 3.10. The minimum atomic E-state index is -0.489. The zero-order valence-electron chi connectivity index (χ0n) is 7.03. The summed E-state index contributed by atoms with van der Waals surface area (Å²) >= 11 is 6.34. The third-order valence-corrected chi connectivity index (χ3v) is 3.34. The first kappa shape index (κ1) is 10.2. The zero-order valence-corrected chi connectivity index (χ0v) is 10.2. The Bertz CT molecular complexity index is 301. The van der Waals surface area contributed by atoms with Gasteiger partial charge in [0.25, 0.3) is 0 Å². The molecule has 68 valence electrons. The van der Waals surface area contributed by atoms with Crippen LogP contribution < -0.4 is 0 Å². The normalized spacial score (nSPS) is 12.2. The van der Waals surface area contributed by atoms with E-state index in [-0.39, 0.29) is 5.54 Å². The first-order valence-corrected chi connectivity index (χ1v) is 5.02. The number of aromatic nitrogens is 2. The molecule has 1 aromatic heterocycles. The molecule has 0 aliphatic carbocycles. The number of rotatable bonds is 0. The molecule has 5 heteroatoms. The highest BCUT2D eigenvalue weighted by molar-refractivity contribution is 9.13. The summed E-state index contributed by atoms with van der Waals surface area (Å²) in [6, 6.07) is 0. The van der Waals surface area contributed by atoms with Gasteiger partial charge in [0, 0.05) is 0 Å². The van der Waals surface area contributed by atoms with Crippen LogP contribution in [0.1, 0.15) is 20.8 Å². The fourth-order valence-electron chi connectivity index (χ4n) is 0.798. The molecule has 0 saturated heterocycles. The maximum absolute atomic E-state index is 12.9. The van der Waals surface area contributed by atoms with E-state index in [0.29, 0.717) is 9.08 Å². The summed E-state index contributed by atoms with van der Waals surface area (Å²) in [5, 5.41) is 3.74. The highest BCUT2D eigenvalue weighted by Crippen LogP contribution is 2.29. The van der Waals surface area contributed by atoms with Gasteiger partial charge >= 0.3 is 0 Å². The van der Waals surface area contributed by atoms with Crippen LogP contribution in [-0.4, -0.2) is 9.78 Å². The smallest absolute Gasteiger partial charge is 0.248 e. The van der Waals surface area contributed by atoms with E-state index in [0.717, 1.165) is 0 Å². The van der Waals surface area contributed by atoms with Gasteiger partial charge in [-0.1, -0.05) is 0 Å². The van der Waals surface area contributed by atoms with E-state index in [1.165, 1.54) is 0 Å². The fourth-order valence-corrected chi connectivity index (χ4v) is 1.82. The van der Waals surface area contributed by atoms with Gasteiger partial charge in [0.05, 0.1) is 5.54 Å². The third kappa shape index (κ3) is 1.71. The van der Waals surface area contributed by atoms with Crippen LogP contribution >= 0.6 is 31.9 Å². The Balaban J connectivity index is 3.28. The van der Waals surface area contributed by atoms with Crippen molar-refractivity contribution >= 4 is 31.9 Å². The summed E-state index contributed by atoms with van der Waals surface area (Å²) in [5.74, 6) is -0.489. The van der Waals surface area contributed by atoms with E-state index in [1.54, 1.807) is 4.68 Å². The Hall–Kier alpha value is 0.1000. The Morgan fingerprint density at radius 2 is 1.83 bits per heavy atom. The van der Waals surface area contributed by atoms with E-state index in [2.05, 4.69) is 37.0 Å². The summed E-state index contributed by atoms with van der Waals surface area (Å²) in [4.78, 5) is 0. The van der Waals surface area contributed by atoms with Crippen LogP contribution in [0.4, 0.5) is 4.39 Å². The summed E-state index contributed by atoms with van der Waals surface area (Å²) in [7, 11) is 0. The highest BCUT2D eigenvalue weighted by Gasteiger charge is 2.22. The van der Waals surface area contributed by atoms with Gasteiger partial charge in [0.1, 0.15) is 9.08 Å². The van der Waals surface area contributed by atoms with Gasteiger partial charge in [0.2, 0.25) is 5.95 Å². The average Bonchev–Trinajstić information content (AvgIpc) is 2.15. The van der Waals surface area contributed by atoms with E-state index < -0.39 is 5.95 Å². The van der Waals surface area contributed by atoms with E-state index in [4.69, 9.17) is 0 Å². The van der Waals surface area contributed by atoms with Crippen molar-refractivity contribution in [3.63, 3.8) is 0 Å². The van der Waals surface area contributed by atoms with Crippen molar-refractivity contribution in [1.29, 1.82) is 0 Å². The van der Waals surface area contributed by atoms with E-state index in [1.807, 2.05) is 20.8 Å². The van der Waals surface area contributed by atoms with Crippen molar-refractivity contribution in [2.24, 2.45) is 0 Å². The Kier molecular flexibility index (Phi) is 2.63. The summed E-state index contributed by atoms with van der Waals surface area (Å²) in [6.07, 6.45) is 0. The predicted octanol–water partition coefficient (Wildman–Crippen LogP) is 3.30. The van der Waals surface area contributed by atoms with Crippen molar-refractivity contribution in [3.05, 3.63) is 15.0 Å². The van der Waals surface area contributed by atoms with Gasteiger partial charge < -0.3 is 0 Å². The molecular formula is C7H9Br2FN2. The van der Waals surface area contributed by atoms with Crippen molar-refractivity contribution in [2.45, 2.75) is 26.3 Å². The van der Waals surface area contributed by atoms with Gasteiger partial charge in [0.15, 0.2) is 0 Å². The average molecular weight is 300 g/mol. The quantitative estimate of drug-likeness (QED) is 0.719. The van der Waals surface area contributed by atoms with Gasteiger partial charge in [-0.05, 0) is 52.6 Å². The summed E-state index contributed by atoms with van der Waals surface area (Å²) in [6.45, 7) is 5.86. The molecular weight excluding hydrogens is 291 g/mol. The topological polar surface area (TPSA) is 17.8 Å². The molecule has 0 radical (unpaired) electrons. The van der Waals surface area contributed by atoms with Crippen LogP contribution in [0.15, 0.2) is 9.08 Å². The molecule has 0 spiro atoms. The molecule has 1 aromatic rings. The van der Waals surface area contributed by atoms with Crippen molar-refractivity contribution in [3.8, 4) is 0 Å². The van der Waals surface area contributed by atoms with Crippen molar-refractivity contribution in [1.82, 2.24) is 9.78 Å². The zero-order chi connectivity index (χ0) is 9.52. The maximum Gasteiger partial charge on any atom is 0.248 e. The molecule has 0 amide bonds. The molecule has 0 aromatic carbocycles. The van der Waals surface area contributed by atoms with Crippen LogP contribution in [0.25, 0.3) is 0 Å². The lowest BCUT2D eigenvalue weighted by molar-refractivity contribution is 0.336. The standard InChI is InChI=1S/C7H9Br2FN2/c1-7(2,3)12-5(9)4(8)6(10)11-12/h1-3H3. The molecule has 2 nitrogen and oxygen atoms in total. The predicted molar refractivity (Wildman–Crippen MR) is 52.6 cm³/mol. The molecule has 0 bridgehead atoms. The van der Waals surface area contributed by atoms with Crippen LogP contribution in [0, 0.1) is 5.95 Å². The molecule has 12 heavy (non-hydrogen) atoms. The lowest BCUT2D eigenvalue weighted by Crippen LogP contribution is -2.23. The van der Waals surface area contributed by atoms with Crippen LogP contribution in [0.3, 0.4) is 0 Å². The first-order chi connectivity index (χ1) is 5.34. The molecule has 0 saturated carbocycles. The highest BCUT2D eigenvalue weighted by atomic mass is 79.9. The van der Waals surface area contributed by atoms with Gasteiger partial charge in [-0.3, -0.25) is 0 Å². The molecule has 0 aliphatic rings. The SMILES string of the molecule is CC(C)(C)n1nc(F)c(Br)c1Br. The van der Waals surface area contributed by atoms with Gasteiger partial charge in [-0.2, -0.15) is 4.39 Å². The second-order valence-corrected chi connectivity index (χ2v) is 5.02. The molecule has 0 atom stereocenters. The Labute approximate surface area is 87.4 Å². The van der Waals surface area contributed by atoms with Gasteiger partial charge in [-0.15, -0.1) is 5.10 Å². The molecule has 0 N–H and O–H groups in total. The number of hydrogen-bond donors (Lipinski definition) is 0. The van der Waals surface area contributed by atoms with Crippen LogP contribution in [0.5, 0.6) is 0 Å². The minimum Gasteiger partial charge on any atom is -0.249 e. The number of nitrogens with zero attached hydrogens (tertiary/aromatic N) is 2. The molecule has 1 rings (SSSR count). The Morgan fingerprint density at radius 3 is 2.00 bits per heavy atom. The van der Waals surface area contributed by atoms with Crippen LogP contribution in [0.2, 0.25) is 0 Å². The number of halogens is 3. The van der Waals surface area contributed by atoms with Gasteiger partial charge in [-0.25, -0.2) is 4.68 Å². The first-order valence-electron chi connectivity index (χ1n) is 3.44. The monoisotopic (exact) mass is 298 g/mol.